The van der Waals surface area contributed by atoms with Gasteiger partial charge in [0.05, 0.1) is 22.1 Å². The van der Waals surface area contributed by atoms with Gasteiger partial charge in [0.2, 0.25) is 0 Å². The van der Waals surface area contributed by atoms with Crippen molar-refractivity contribution < 1.29 is 17.7 Å². The quantitative estimate of drug-likeness (QED) is 0.429. The molecule has 1 atom stereocenters. The van der Waals surface area contributed by atoms with Crippen LogP contribution in [-0.4, -0.2) is 8.42 Å². The van der Waals surface area contributed by atoms with E-state index in [0.717, 1.165) is 56.1 Å². The molecule has 0 spiro atoms. The van der Waals surface area contributed by atoms with Crippen LogP contribution in [0.1, 0.15) is 72.5 Å². The van der Waals surface area contributed by atoms with Gasteiger partial charge in [-0.2, -0.15) is 11.2 Å². The van der Waals surface area contributed by atoms with Crippen LogP contribution in [-0.2, 0) is 22.9 Å². The van der Waals surface area contributed by atoms with Gasteiger partial charge >= 0.3 is 5.63 Å². The molecule has 3 N–H and O–H groups in total. The molecule has 8 nitrogen and oxygen atoms in total. The lowest BCUT2D eigenvalue weighted by Crippen LogP contribution is -2.23. The smallest absolute Gasteiger partial charge is 0.343 e. The Bertz CT molecular complexity index is 1500. The highest BCUT2D eigenvalue weighted by Crippen LogP contribution is 2.49. The molecule has 0 aliphatic heterocycles. The minimum Gasteiger partial charge on any atom is -0.427 e. The van der Waals surface area contributed by atoms with E-state index in [-0.39, 0.29) is 16.7 Å². The molecule has 3 aromatic rings. The van der Waals surface area contributed by atoms with Gasteiger partial charge in [-0.05, 0) is 80.0 Å². The Hall–Kier alpha value is -3.61. The fourth-order valence-electron chi connectivity index (χ4n) is 5.23. The fraction of sp³-hybridized carbons (Fsp3) is 0.357. The number of hydrogen-bond acceptors (Lipinski definition) is 7. The molecule has 5 rings (SSSR count). The van der Waals surface area contributed by atoms with Gasteiger partial charge in [-0.15, -0.1) is 0 Å². The third-order valence-electron chi connectivity index (χ3n) is 7.19. The summed E-state index contributed by atoms with van der Waals surface area (Å²) in [6.45, 7) is 0. The minimum absolute atomic E-state index is 0.0526. The summed E-state index contributed by atoms with van der Waals surface area (Å²) in [5, 5.41) is 8.98. The number of fused-ring (bicyclic) bond motifs is 1. The van der Waals surface area contributed by atoms with Crippen molar-refractivity contribution in [3.05, 3.63) is 87.0 Å². The van der Waals surface area contributed by atoms with Crippen LogP contribution in [0, 0.1) is 17.2 Å². The molecule has 0 saturated heterocycles. The van der Waals surface area contributed by atoms with Crippen LogP contribution in [0.5, 0.6) is 5.75 Å². The Kier molecular flexibility index (Phi) is 7.04. The summed E-state index contributed by atoms with van der Waals surface area (Å²) in [5.41, 5.74) is 2.38. The monoisotopic (exact) mass is 519 g/mol. The number of nitrogens with zero attached hydrogens (tertiary/aromatic N) is 1. The number of benzene rings is 2. The van der Waals surface area contributed by atoms with Crippen LogP contribution in [0.25, 0.3) is 0 Å². The number of anilines is 1. The zero-order valence-electron chi connectivity index (χ0n) is 20.4. The van der Waals surface area contributed by atoms with Crippen molar-refractivity contribution in [1.82, 2.24) is 0 Å². The molecule has 1 heterocycles. The van der Waals surface area contributed by atoms with E-state index >= 15 is 0 Å². The summed E-state index contributed by atoms with van der Waals surface area (Å²) >= 11 is 0. The molecule has 1 aromatic heterocycles. The Morgan fingerprint density at radius 1 is 1.05 bits per heavy atom. The zero-order chi connectivity index (χ0) is 26.0. The number of sulfonamides is 1. The van der Waals surface area contributed by atoms with Gasteiger partial charge in [0.1, 0.15) is 5.76 Å². The first-order chi connectivity index (χ1) is 17.9. The predicted molar refractivity (Wildman–Crippen MR) is 139 cm³/mol. The molecule has 0 radical (unpaired) electrons. The Morgan fingerprint density at radius 3 is 2.46 bits per heavy atom. The van der Waals surface area contributed by atoms with Gasteiger partial charge < -0.3 is 9.25 Å². The number of nitrogens with two attached hydrogens (primary N) is 1. The number of aryl methyl sites for hydroxylation is 1. The average molecular weight is 520 g/mol. The summed E-state index contributed by atoms with van der Waals surface area (Å²) in [6.07, 6.45) is 7.41. The number of nitriles is 1. The van der Waals surface area contributed by atoms with Crippen LogP contribution >= 0.6 is 0 Å². The maximum atomic E-state index is 13.3. The second kappa shape index (κ2) is 10.4. The summed E-state index contributed by atoms with van der Waals surface area (Å²) in [6, 6.07) is 14.8. The van der Waals surface area contributed by atoms with Gasteiger partial charge in [0, 0.05) is 23.6 Å². The average Bonchev–Trinajstić information content (AvgIpc) is 3.71. The Labute approximate surface area is 216 Å². The summed E-state index contributed by atoms with van der Waals surface area (Å²) < 4.78 is 34.4. The lowest BCUT2D eigenvalue weighted by atomic mass is 9.85. The van der Waals surface area contributed by atoms with Gasteiger partial charge in [0.15, 0.2) is 5.75 Å². The van der Waals surface area contributed by atoms with E-state index < -0.39 is 15.6 Å². The van der Waals surface area contributed by atoms with Crippen LogP contribution in [0.2, 0.25) is 0 Å². The molecule has 1 saturated carbocycles. The SMILES string of the molecule is N#Cc1ccc(S(=O)(=O)Nc2cccc(C(c3c(ON)c4c(oc3=O)CCCCCC4)C3CC3)c2)cc1. The van der Waals surface area contributed by atoms with Crippen LogP contribution in [0.3, 0.4) is 0 Å². The van der Waals surface area contributed by atoms with Gasteiger partial charge in [-0.1, -0.05) is 25.0 Å². The van der Waals surface area contributed by atoms with E-state index in [1.165, 1.54) is 24.3 Å². The topological polar surface area (TPSA) is 135 Å². The standard InChI is InChI=1S/C28H29N3O5S/c29-17-18-10-14-22(15-11-18)37(33,34)31-21-7-5-6-20(16-21)25(19-12-13-19)26-27(36-30)23-8-3-1-2-4-9-24(23)35-28(26)32/h5-7,10-11,14-16,19,25,31H,1-4,8-9,12-13,30H2. The first-order valence-corrected chi connectivity index (χ1v) is 14.1. The van der Waals surface area contributed by atoms with E-state index in [2.05, 4.69) is 4.72 Å². The summed E-state index contributed by atoms with van der Waals surface area (Å²) in [7, 11) is -3.87. The zero-order valence-corrected chi connectivity index (χ0v) is 21.2. The van der Waals surface area contributed by atoms with Crippen molar-refractivity contribution in [3.8, 4) is 11.8 Å². The molecule has 1 unspecified atom stereocenters. The molecule has 9 heteroatoms. The highest BCUT2D eigenvalue weighted by molar-refractivity contribution is 7.92. The van der Waals surface area contributed by atoms with Gasteiger partial charge in [0.25, 0.3) is 10.0 Å². The van der Waals surface area contributed by atoms with Crippen LogP contribution < -0.4 is 21.1 Å². The molecule has 1 fully saturated rings. The van der Waals surface area contributed by atoms with Crippen molar-refractivity contribution >= 4 is 15.7 Å². The lowest BCUT2D eigenvalue weighted by molar-refractivity contribution is 0.307. The van der Waals surface area contributed by atoms with Gasteiger partial charge in [-0.3, -0.25) is 4.72 Å². The predicted octanol–water partition coefficient (Wildman–Crippen LogP) is 4.77. The third-order valence-corrected chi connectivity index (χ3v) is 8.58. The second-order valence-electron chi connectivity index (χ2n) is 9.75. The van der Waals surface area contributed by atoms with E-state index in [9.17, 15) is 13.2 Å². The summed E-state index contributed by atoms with van der Waals surface area (Å²) in [5.74, 6) is 6.72. The lowest BCUT2D eigenvalue weighted by Gasteiger charge is -2.23. The van der Waals surface area contributed by atoms with Crippen molar-refractivity contribution in [2.45, 2.75) is 62.2 Å². The normalized spacial score (nSPS) is 16.5. The Balaban J connectivity index is 1.53. The largest absolute Gasteiger partial charge is 0.427 e. The van der Waals surface area contributed by atoms with E-state index in [0.29, 0.717) is 34.7 Å². The third kappa shape index (κ3) is 5.26. The molecule has 0 amide bonds. The highest BCUT2D eigenvalue weighted by atomic mass is 32.2. The van der Waals surface area contributed by atoms with Crippen molar-refractivity contribution in [3.63, 3.8) is 0 Å². The van der Waals surface area contributed by atoms with E-state index in [1.54, 1.807) is 18.2 Å². The fourth-order valence-corrected chi connectivity index (χ4v) is 6.28. The molecule has 2 aliphatic carbocycles. The second-order valence-corrected chi connectivity index (χ2v) is 11.4. The highest BCUT2D eigenvalue weighted by Gasteiger charge is 2.39. The minimum atomic E-state index is -3.87. The molecular weight excluding hydrogens is 490 g/mol. The summed E-state index contributed by atoms with van der Waals surface area (Å²) in [4.78, 5) is 18.8. The molecule has 2 aromatic carbocycles. The number of nitrogens with one attached hydrogen (secondary N) is 1. The van der Waals surface area contributed by atoms with E-state index in [4.69, 9.17) is 20.4 Å². The van der Waals surface area contributed by atoms with E-state index in [1.807, 2.05) is 12.1 Å². The van der Waals surface area contributed by atoms with Crippen molar-refractivity contribution in [1.29, 1.82) is 5.26 Å². The molecule has 37 heavy (non-hydrogen) atoms. The van der Waals surface area contributed by atoms with Crippen LogP contribution in [0.4, 0.5) is 5.69 Å². The first kappa shape index (κ1) is 25.1. The molecule has 192 valence electrons. The number of rotatable bonds is 7. The van der Waals surface area contributed by atoms with Gasteiger partial charge in [-0.25, -0.2) is 13.2 Å². The Morgan fingerprint density at radius 2 is 1.78 bits per heavy atom. The van der Waals surface area contributed by atoms with Crippen molar-refractivity contribution in [2.75, 3.05) is 4.72 Å². The first-order valence-electron chi connectivity index (χ1n) is 12.6. The maximum Gasteiger partial charge on any atom is 0.343 e. The number of hydrogen-bond donors (Lipinski definition) is 2. The van der Waals surface area contributed by atoms with Crippen molar-refractivity contribution in [2.24, 2.45) is 11.8 Å². The van der Waals surface area contributed by atoms with Crippen LogP contribution in [0.15, 0.2) is 62.6 Å². The molecule has 2 aliphatic rings. The maximum absolute atomic E-state index is 13.3. The molecule has 0 bridgehead atoms. The molecular formula is C28H29N3O5S.